The Morgan fingerprint density at radius 3 is 1.87 bits per heavy atom. The van der Waals surface area contributed by atoms with Crippen LogP contribution in [0.2, 0.25) is 0 Å². The van der Waals surface area contributed by atoms with E-state index in [2.05, 4.69) is 146 Å². The number of aromatic nitrogens is 1. The van der Waals surface area contributed by atoms with Crippen molar-refractivity contribution in [2.75, 3.05) is 4.90 Å². The lowest BCUT2D eigenvalue weighted by Gasteiger charge is -2.29. The summed E-state index contributed by atoms with van der Waals surface area (Å²) in [6, 6.07) is 56.0. The van der Waals surface area contributed by atoms with Gasteiger partial charge in [-0.25, -0.2) is 4.98 Å². The van der Waals surface area contributed by atoms with Crippen molar-refractivity contribution in [1.29, 1.82) is 0 Å². The van der Waals surface area contributed by atoms with Gasteiger partial charge in [-0.2, -0.15) is 0 Å². The maximum Gasteiger partial charge on any atom is 0.227 e. The van der Waals surface area contributed by atoms with E-state index in [0.717, 1.165) is 44.5 Å². The number of oxazole rings is 1. The van der Waals surface area contributed by atoms with E-state index in [1.54, 1.807) is 0 Å². The van der Waals surface area contributed by atoms with Gasteiger partial charge in [0.05, 0.1) is 5.69 Å². The SMILES string of the molecule is CC1(C)c2ccccc2-c2ccc(N(c3ccc(-c4ccccc4)cc3)c3cc4oc(-c5ccccc5)nc4c4ccccc34)cc21. The summed E-state index contributed by atoms with van der Waals surface area (Å²) in [5, 5.41) is 2.17. The van der Waals surface area contributed by atoms with Crippen LogP contribution in [0.4, 0.5) is 17.1 Å². The van der Waals surface area contributed by atoms with Crippen LogP contribution in [0.1, 0.15) is 25.0 Å². The predicted octanol–water partition coefficient (Wildman–Crippen LogP) is 12.1. The van der Waals surface area contributed by atoms with Gasteiger partial charge < -0.3 is 9.32 Å². The van der Waals surface area contributed by atoms with Gasteiger partial charge in [-0.1, -0.05) is 129 Å². The number of rotatable bonds is 5. The van der Waals surface area contributed by atoms with E-state index in [0.29, 0.717) is 5.89 Å². The molecule has 8 aromatic rings. The van der Waals surface area contributed by atoms with Gasteiger partial charge >= 0.3 is 0 Å². The summed E-state index contributed by atoms with van der Waals surface area (Å²) >= 11 is 0. The molecule has 224 valence electrons. The van der Waals surface area contributed by atoms with Gasteiger partial charge in [0.2, 0.25) is 5.89 Å². The average Bonchev–Trinajstić information content (AvgIpc) is 3.66. The second-order valence-electron chi connectivity index (χ2n) is 12.8. The van der Waals surface area contributed by atoms with Gasteiger partial charge in [0, 0.05) is 39.2 Å². The zero-order chi connectivity index (χ0) is 31.5. The summed E-state index contributed by atoms with van der Waals surface area (Å²) in [4.78, 5) is 7.38. The number of anilines is 3. The van der Waals surface area contributed by atoms with Crippen LogP contribution in [0.3, 0.4) is 0 Å². The van der Waals surface area contributed by atoms with Crippen molar-refractivity contribution in [3.8, 4) is 33.7 Å². The first-order valence-electron chi connectivity index (χ1n) is 16.1. The molecule has 0 amide bonds. The highest BCUT2D eigenvalue weighted by Gasteiger charge is 2.36. The molecule has 0 radical (unpaired) electrons. The quantitative estimate of drug-likeness (QED) is 0.196. The van der Waals surface area contributed by atoms with E-state index in [1.807, 2.05) is 30.3 Å². The number of benzene rings is 7. The molecule has 1 aromatic heterocycles. The summed E-state index contributed by atoms with van der Waals surface area (Å²) in [5.41, 5.74) is 13.4. The standard InChI is InChI=1S/C44H32N2O/c1-44(2)38-20-12-11-17-34(38)35-26-25-33(27-39(35)44)46(32-23-21-30(22-24-32)29-13-5-3-6-14-29)40-28-41-42(37-19-10-9-18-36(37)40)45-43(47-41)31-15-7-4-8-16-31/h3-28H,1-2H3. The molecule has 1 aliphatic rings. The molecule has 1 heterocycles. The zero-order valence-electron chi connectivity index (χ0n) is 26.3. The largest absolute Gasteiger partial charge is 0.436 e. The molecule has 0 unspecified atom stereocenters. The highest BCUT2D eigenvalue weighted by Crippen LogP contribution is 2.51. The molecule has 1 aliphatic carbocycles. The molecular formula is C44H32N2O. The molecule has 0 N–H and O–H groups in total. The minimum atomic E-state index is -0.119. The Hall–Kier alpha value is -5.93. The molecule has 0 fully saturated rings. The monoisotopic (exact) mass is 604 g/mol. The Bertz CT molecular complexity index is 2420. The van der Waals surface area contributed by atoms with Crippen molar-refractivity contribution in [1.82, 2.24) is 4.98 Å². The van der Waals surface area contributed by atoms with Gasteiger partial charge in [0.25, 0.3) is 0 Å². The molecule has 0 aliphatic heterocycles. The van der Waals surface area contributed by atoms with Crippen molar-refractivity contribution in [3.05, 3.63) is 169 Å². The van der Waals surface area contributed by atoms with E-state index in [1.165, 1.54) is 33.4 Å². The van der Waals surface area contributed by atoms with Gasteiger partial charge in [-0.05, 0) is 69.8 Å². The van der Waals surface area contributed by atoms with Crippen LogP contribution < -0.4 is 4.90 Å². The molecule has 47 heavy (non-hydrogen) atoms. The van der Waals surface area contributed by atoms with Crippen molar-refractivity contribution < 1.29 is 4.42 Å². The Morgan fingerprint density at radius 2 is 1.11 bits per heavy atom. The van der Waals surface area contributed by atoms with Crippen LogP contribution in [0, 0.1) is 0 Å². The van der Waals surface area contributed by atoms with Crippen molar-refractivity contribution in [2.45, 2.75) is 19.3 Å². The molecule has 0 atom stereocenters. The van der Waals surface area contributed by atoms with E-state index in [4.69, 9.17) is 9.40 Å². The molecule has 0 bridgehead atoms. The summed E-state index contributed by atoms with van der Waals surface area (Å²) in [6.07, 6.45) is 0. The van der Waals surface area contributed by atoms with E-state index < -0.39 is 0 Å². The third kappa shape index (κ3) is 4.39. The van der Waals surface area contributed by atoms with Crippen LogP contribution in [0.25, 0.3) is 55.6 Å². The molecule has 3 heteroatoms. The number of fused-ring (bicyclic) bond motifs is 6. The van der Waals surface area contributed by atoms with Crippen molar-refractivity contribution in [2.24, 2.45) is 0 Å². The second kappa shape index (κ2) is 10.6. The van der Waals surface area contributed by atoms with Crippen molar-refractivity contribution >= 4 is 38.9 Å². The highest BCUT2D eigenvalue weighted by atomic mass is 16.3. The van der Waals surface area contributed by atoms with E-state index >= 15 is 0 Å². The molecule has 7 aromatic carbocycles. The lowest BCUT2D eigenvalue weighted by atomic mass is 9.82. The van der Waals surface area contributed by atoms with E-state index in [-0.39, 0.29) is 5.41 Å². The third-order valence-corrected chi connectivity index (χ3v) is 9.70. The lowest BCUT2D eigenvalue weighted by molar-refractivity contribution is 0.620. The first kappa shape index (κ1) is 27.4. The van der Waals surface area contributed by atoms with Gasteiger partial charge in [0.15, 0.2) is 5.58 Å². The highest BCUT2D eigenvalue weighted by molar-refractivity contribution is 6.12. The number of hydrogen-bond donors (Lipinski definition) is 0. The first-order valence-corrected chi connectivity index (χ1v) is 16.1. The average molecular weight is 605 g/mol. The maximum absolute atomic E-state index is 6.51. The Kier molecular flexibility index (Phi) is 6.16. The van der Waals surface area contributed by atoms with Crippen LogP contribution in [-0.4, -0.2) is 4.98 Å². The Labute approximate surface area is 274 Å². The fourth-order valence-electron chi connectivity index (χ4n) is 7.32. The summed E-state index contributed by atoms with van der Waals surface area (Å²) < 4.78 is 6.51. The molecule has 9 rings (SSSR count). The molecule has 0 saturated carbocycles. The lowest BCUT2D eigenvalue weighted by Crippen LogP contribution is -2.16. The normalized spacial score (nSPS) is 13.1. The van der Waals surface area contributed by atoms with Gasteiger partial charge in [0.1, 0.15) is 5.52 Å². The van der Waals surface area contributed by atoms with Crippen molar-refractivity contribution in [3.63, 3.8) is 0 Å². The Morgan fingerprint density at radius 1 is 0.511 bits per heavy atom. The predicted molar refractivity (Wildman–Crippen MR) is 195 cm³/mol. The first-order chi connectivity index (χ1) is 23.1. The molecule has 3 nitrogen and oxygen atoms in total. The number of hydrogen-bond acceptors (Lipinski definition) is 3. The fourth-order valence-corrected chi connectivity index (χ4v) is 7.32. The van der Waals surface area contributed by atoms with Crippen LogP contribution in [0.15, 0.2) is 162 Å². The topological polar surface area (TPSA) is 29.3 Å². The molecule has 0 spiro atoms. The van der Waals surface area contributed by atoms with Gasteiger partial charge in [-0.3, -0.25) is 0 Å². The fraction of sp³-hybridized carbons (Fsp3) is 0.0682. The minimum absolute atomic E-state index is 0.119. The number of nitrogens with zero attached hydrogens (tertiary/aromatic N) is 2. The smallest absolute Gasteiger partial charge is 0.227 e. The summed E-state index contributed by atoms with van der Waals surface area (Å²) in [7, 11) is 0. The van der Waals surface area contributed by atoms with Crippen LogP contribution in [-0.2, 0) is 5.41 Å². The maximum atomic E-state index is 6.51. The second-order valence-corrected chi connectivity index (χ2v) is 12.8. The van der Waals surface area contributed by atoms with E-state index in [9.17, 15) is 0 Å². The van der Waals surface area contributed by atoms with Gasteiger partial charge in [-0.15, -0.1) is 0 Å². The van der Waals surface area contributed by atoms with Crippen LogP contribution >= 0.6 is 0 Å². The Balaban J connectivity index is 1.28. The molecular weight excluding hydrogens is 572 g/mol. The third-order valence-electron chi connectivity index (χ3n) is 9.70. The summed E-state index contributed by atoms with van der Waals surface area (Å²) in [5.74, 6) is 0.624. The molecule has 0 saturated heterocycles. The van der Waals surface area contributed by atoms with Crippen LogP contribution in [0.5, 0.6) is 0 Å². The minimum Gasteiger partial charge on any atom is -0.436 e. The summed E-state index contributed by atoms with van der Waals surface area (Å²) in [6.45, 7) is 4.67. The zero-order valence-corrected chi connectivity index (χ0v) is 26.3.